The first-order valence-electron chi connectivity index (χ1n) is 6.36. The Morgan fingerprint density at radius 3 is 2.68 bits per heavy atom. The third kappa shape index (κ3) is 5.55. The Morgan fingerprint density at radius 2 is 2.16 bits per heavy atom. The van der Waals surface area contributed by atoms with Crippen LogP contribution in [0.1, 0.15) is 32.4 Å². The molecular formula is C13H24N4OS. The Hall–Kier alpha value is -1.17. The van der Waals surface area contributed by atoms with Crippen molar-refractivity contribution in [2.45, 2.75) is 32.7 Å². The highest BCUT2D eigenvalue weighted by Crippen LogP contribution is 2.22. The highest BCUT2D eigenvalue weighted by Gasteiger charge is 2.19. The van der Waals surface area contributed by atoms with Gasteiger partial charge in [-0.2, -0.15) is 11.8 Å². The lowest BCUT2D eigenvalue weighted by atomic mass is 9.94. The maximum absolute atomic E-state index is 5.71. The number of guanidine groups is 1. The van der Waals surface area contributed by atoms with Crippen LogP contribution in [0.2, 0.25) is 0 Å². The number of hydrogen-bond acceptors (Lipinski definition) is 4. The molecule has 1 heterocycles. The van der Waals surface area contributed by atoms with Crippen LogP contribution in [0, 0.1) is 0 Å². The summed E-state index contributed by atoms with van der Waals surface area (Å²) in [6.07, 6.45) is 3.87. The molecule has 5 nitrogen and oxygen atoms in total. The maximum Gasteiger partial charge on any atom is 0.213 e. The molecule has 0 aliphatic carbocycles. The number of aromatic nitrogens is 1. The molecule has 0 spiro atoms. The first kappa shape index (κ1) is 15.9. The summed E-state index contributed by atoms with van der Waals surface area (Å²) < 4.78 is 5.71. The second-order valence-corrected chi connectivity index (χ2v) is 6.20. The number of oxazole rings is 1. The molecule has 108 valence electrons. The fourth-order valence-electron chi connectivity index (χ4n) is 1.39. The number of nitrogens with one attached hydrogen (secondary N) is 2. The van der Waals surface area contributed by atoms with E-state index in [0.717, 1.165) is 24.0 Å². The Kier molecular flexibility index (Phi) is 6.21. The van der Waals surface area contributed by atoms with Gasteiger partial charge in [0.05, 0.1) is 12.7 Å². The van der Waals surface area contributed by atoms with E-state index in [1.165, 1.54) is 0 Å². The van der Waals surface area contributed by atoms with E-state index in [2.05, 4.69) is 47.6 Å². The standard InChI is InChI=1S/C13H24N4OS/c1-13(2,3)10-8-16-11(18-10)9-17-12(14-4)15-6-7-19-5/h8H,6-7,9H2,1-5H3,(H2,14,15,17). The Morgan fingerprint density at radius 1 is 1.42 bits per heavy atom. The molecule has 0 aliphatic rings. The quantitative estimate of drug-likeness (QED) is 0.492. The molecule has 19 heavy (non-hydrogen) atoms. The van der Waals surface area contributed by atoms with Crippen LogP contribution in [-0.2, 0) is 12.0 Å². The maximum atomic E-state index is 5.71. The van der Waals surface area contributed by atoms with Gasteiger partial charge in [-0.05, 0) is 6.26 Å². The van der Waals surface area contributed by atoms with Crippen molar-refractivity contribution in [3.05, 3.63) is 17.8 Å². The Bertz CT molecular complexity index is 409. The molecule has 0 bridgehead atoms. The fourth-order valence-corrected chi connectivity index (χ4v) is 1.70. The topological polar surface area (TPSA) is 62.5 Å². The first-order chi connectivity index (χ1) is 8.97. The summed E-state index contributed by atoms with van der Waals surface area (Å²) in [5.74, 6) is 3.39. The SMILES string of the molecule is CN=C(NCCSC)NCc1ncc(C(C)(C)C)o1. The fraction of sp³-hybridized carbons (Fsp3) is 0.692. The average Bonchev–Trinajstić information content (AvgIpc) is 2.82. The second kappa shape index (κ2) is 7.43. The van der Waals surface area contributed by atoms with E-state index < -0.39 is 0 Å². The first-order valence-corrected chi connectivity index (χ1v) is 7.75. The van der Waals surface area contributed by atoms with Gasteiger partial charge in [-0.1, -0.05) is 20.8 Å². The molecule has 0 saturated heterocycles. The molecule has 1 aromatic heterocycles. The molecule has 6 heteroatoms. The van der Waals surface area contributed by atoms with Crippen LogP contribution in [0.25, 0.3) is 0 Å². The summed E-state index contributed by atoms with van der Waals surface area (Å²) in [7, 11) is 1.75. The van der Waals surface area contributed by atoms with Crippen molar-refractivity contribution >= 4 is 17.7 Å². The number of thioether (sulfide) groups is 1. The van der Waals surface area contributed by atoms with Crippen molar-refractivity contribution in [1.82, 2.24) is 15.6 Å². The van der Waals surface area contributed by atoms with Gasteiger partial charge in [0, 0.05) is 24.8 Å². The minimum Gasteiger partial charge on any atom is -0.443 e. The van der Waals surface area contributed by atoms with Crippen molar-refractivity contribution in [2.24, 2.45) is 4.99 Å². The van der Waals surface area contributed by atoms with Crippen LogP contribution in [0.3, 0.4) is 0 Å². The van der Waals surface area contributed by atoms with E-state index in [-0.39, 0.29) is 5.41 Å². The molecule has 0 fully saturated rings. The summed E-state index contributed by atoms with van der Waals surface area (Å²) in [5.41, 5.74) is -0.0104. The molecule has 0 amide bonds. The molecule has 0 unspecified atom stereocenters. The molecule has 0 aromatic carbocycles. The molecular weight excluding hydrogens is 260 g/mol. The van der Waals surface area contributed by atoms with Gasteiger partial charge in [0.15, 0.2) is 5.96 Å². The predicted octanol–water partition coefficient (Wildman–Crippen LogP) is 2.00. The second-order valence-electron chi connectivity index (χ2n) is 5.21. The van der Waals surface area contributed by atoms with Crippen molar-refractivity contribution in [2.75, 3.05) is 25.6 Å². The minimum atomic E-state index is -0.0104. The zero-order chi connectivity index (χ0) is 14.3. The van der Waals surface area contributed by atoms with E-state index in [1.807, 2.05) is 0 Å². The van der Waals surface area contributed by atoms with Crippen LogP contribution in [0.4, 0.5) is 0 Å². The van der Waals surface area contributed by atoms with Gasteiger partial charge in [-0.15, -0.1) is 0 Å². The molecule has 0 aliphatic heterocycles. The molecule has 1 aromatic rings. The van der Waals surface area contributed by atoms with Crippen molar-refractivity contribution in [3.63, 3.8) is 0 Å². The van der Waals surface area contributed by atoms with E-state index in [9.17, 15) is 0 Å². The monoisotopic (exact) mass is 284 g/mol. The Balaban J connectivity index is 2.45. The van der Waals surface area contributed by atoms with Gasteiger partial charge in [0.2, 0.25) is 5.89 Å². The van der Waals surface area contributed by atoms with Crippen LogP contribution in [0.15, 0.2) is 15.6 Å². The van der Waals surface area contributed by atoms with E-state index >= 15 is 0 Å². The van der Waals surface area contributed by atoms with E-state index in [0.29, 0.717) is 12.4 Å². The van der Waals surface area contributed by atoms with Crippen molar-refractivity contribution in [3.8, 4) is 0 Å². The van der Waals surface area contributed by atoms with Crippen LogP contribution in [-0.4, -0.2) is 36.5 Å². The molecule has 2 N–H and O–H groups in total. The van der Waals surface area contributed by atoms with Crippen molar-refractivity contribution < 1.29 is 4.42 Å². The van der Waals surface area contributed by atoms with E-state index in [1.54, 1.807) is 25.0 Å². The van der Waals surface area contributed by atoms with Gasteiger partial charge >= 0.3 is 0 Å². The number of nitrogens with zero attached hydrogens (tertiary/aromatic N) is 2. The molecule has 0 saturated carbocycles. The zero-order valence-corrected chi connectivity index (χ0v) is 13.2. The lowest BCUT2D eigenvalue weighted by molar-refractivity contribution is 0.379. The summed E-state index contributed by atoms with van der Waals surface area (Å²) >= 11 is 1.80. The highest BCUT2D eigenvalue weighted by atomic mass is 32.2. The average molecular weight is 284 g/mol. The summed E-state index contributed by atoms with van der Waals surface area (Å²) in [5, 5.41) is 6.41. The van der Waals surface area contributed by atoms with Gasteiger partial charge in [0.1, 0.15) is 5.76 Å². The zero-order valence-electron chi connectivity index (χ0n) is 12.4. The largest absolute Gasteiger partial charge is 0.443 e. The smallest absolute Gasteiger partial charge is 0.213 e. The lowest BCUT2D eigenvalue weighted by Crippen LogP contribution is -2.38. The normalized spacial score (nSPS) is 12.6. The molecule has 1 rings (SSSR count). The van der Waals surface area contributed by atoms with Gasteiger partial charge < -0.3 is 15.1 Å². The van der Waals surface area contributed by atoms with Crippen molar-refractivity contribution in [1.29, 1.82) is 0 Å². The summed E-state index contributed by atoms with van der Waals surface area (Å²) in [4.78, 5) is 8.42. The van der Waals surface area contributed by atoms with Crippen LogP contribution in [0.5, 0.6) is 0 Å². The third-order valence-corrected chi connectivity index (χ3v) is 3.13. The number of hydrogen-bond donors (Lipinski definition) is 2. The predicted molar refractivity (Wildman–Crippen MR) is 81.8 cm³/mol. The summed E-state index contributed by atoms with van der Waals surface area (Å²) in [6, 6.07) is 0. The number of rotatable bonds is 5. The highest BCUT2D eigenvalue weighted by molar-refractivity contribution is 7.98. The van der Waals surface area contributed by atoms with E-state index in [4.69, 9.17) is 4.42 Å². The van der Waals surface area contributed by atoms with Crippen LogP contribution < -0.4 is 10.6 Å². The van der Waals surface area contributed by atoms with Gasteiger partial charge in [0.25, 0.3) is 0 Å². The Labute approximate surface area is 119 Å². The summed E-state index contributed by atoms with van der Waals surface area (Å²) in [6.45, 7) is 7.74. The lowest BCUT2D eigenvalue weighted by Gasteiger charge is -2.13. The van der Waals surface area contributed by atoms with Gasteiger partial charge in [-0.25, -0.2) is 4.98 Å². The molecule has 0 radical (unpaired) electrons. The van der Waals surface area contributed by atoms with Gasteiger partial charge in [-0.3, -0.25) is 4.99 Å². The molecule has 0 atom stereocenters. The minimum absolute atomic E-state index is 0.0104. The van der Waals surface area contributed by atoms with Crippen LogP contribution >= 0.6 is 11.8 Å². The third-order valence-electron chi connectivity index (χ3n) is 2.52. The number of aliphatic imine (C=N–C) groups is 1.